The number of hydrogen-bond donors (Lipinski definition) is 2. The zero-order chi connectivity index (χ0) is 22.6. The number of amides is 1. The summed E-state index contributed by atoms with van der Waals surface area (Å²) < 4.78 is 27.2. The van der Waals surface area contributed by atoms with Crippen LogP contribution < -0.4 is 14.9 Å². The molecule has 1 amide bonds. The molecule has 0 unspecified atom stereocenters. The van der Waals surface area contributed by atoms with Crippen molar-refractivity contribution >= 4 is 39.1 Å². The minimum atomic E-state index is -3.48. The Labute approximate surface area is 188 Å². The monoisotopic (exact) mass is 447 g/mol. The fourth-order valence-electron chi connectivity index (χ4n) is 3.26. The van der Waals surface area contributed by atoms with Crippen molar-refractivity contribution in [1.29, 1.82) is 0 Å². The minimum Gasteiger partial charge on any atom is -0.343 e. The molecular formula is C25H25N3O3S. The van der Waals surface area contributed by atoms with Crippen LogP contribution in [0.1, 0.15) is 18.4 Å². The van der Waals surface area contributed by atoms with Crippen LogP contribution in [0, 0.1) is 0 Å². The van der Waals surface area contributed by atoms with E-state index in [1.165, 1.54) is 6.08 Å². The van der Waals surface area contributed by atoms with Crippen molar-refractivity contribution in [2.75, 3.05) is 17.3 Å². The van der Waals surface area contributed by atoms with Crippen molar-refractivity contribution in [3.8, 4) is 0 Å². The Morgan fingerprint density at radius 1 is 0.938 bits per heavy atom. The van der Waals surface area contributed by atoms with Gasteiger partial charge in [0.25, 0.3) is 0 Å². The lowest BCUT2D eigenvalue weighted by Crippen LogP contribution is -2.25. The summed E-state index contributed by atoms with van der Waals surface area (Å²) in [6.07, 6.45) is 4.87. The van der Waals surface area contributed by atoms with E-state index in [9.17, 15) is 13.2 Å². The predicted octanol–water partition coefficient (Wildman–Crippen LogP) is 4.55. The lowest BCUT2D eigenvalue weighted by atomic mass is 10.2. The van der Waals surface area contributed by atoms with E-state index in [1.807, 2.05) is 66.5 Å². The average Bonchev–Trinajstić information content (AvgIpc) is 3.62. The molecule has 0 atom stereocenters. The standard InChI is InChI=1S/C25H25N3O3S/c1-28(21-7-3-2-4-8-21)24-10-6-5-9-23(24)26-25(29)18-13-19-11-16-22(17-12-19)32(30,31)27-20-14-15-20/h2-13,16-18,20,27H,14-15H2,1H3,(H,26,29). The highest BCUT2D eigenvalue weighted by molar-refractivity contribution is 7.89. The van der Waals surface area contributed by atoms with Crippen LogP contribution in [0.15, 0.2) is 89.8 Å². The topological polar surface area (TPSA) is 78.5 Å². The van der Waals surface area contributed by atoms with Crippen LogP contribution in [0.5, 0.6) is 0 Å². The predicted molar refractivity (Wildman–Crippen MR) is 128 cm³/mol. The van der Waals surface area contributed by atoms with Crippen molar-refractivity contribution in [3.05, 3.63) is 90.5 Å². The van der Waals surface area contributed by atoms with Crippen molar-refractivity contribution in [3.63, 3.8) is 0 Å². The van der Waals surface area contributed by atoms with Crippen LogP contribution in [0.3, 0.4) is 0 Å². The van der Waals surface area contributed by atoms with E-state index in [4.69, 9.17) is 0 Å². The maximum absolute atomic E-state index is 12.5. The highest BCUT2D eigenvalue weighted by Crippen LogP contribution is 2.30. The van der Waals surface area contributed by atoms with Gasteiger partial charge >= 0.3 is 0 Å². The first kappa shape index (κ1) is 21.8. The van der Waals surface area contributed by atoms with E-state index in [0.717, 1.165) is 29.8 Å². The summed E-state index contributed by atoms with van der Waals surface area (Å²) in [6.45, 7) is 0. The van der Waals surface area contributed by atoms with Gasteiger partial charge in [-0.1, -0.05) is 42.5 Å². The van der Waals surface area contributed by atoms with E-state index in [-0.39, 0.29) is 16.8 Å². The van der Waals surface area contributed by atoms with E-state index in [1.54, 1.807) is 30.3 Å². The van der Waals surface area contributed by atoms with E-state index >= 15 is 0 Å². The number of carbonyl (C=O) groups is 1. The number of para-hydroxylation sites is 3. The molecule has 0 aliphatic heterocycles. The molecule has 1 aliphatic rings. The number of anilines is 3. The molecule has 32 heavy (non-hydrogen) atoms. The first-order chi connectivity index (χ1) is 15.4. The Balaban J connectivity index is 1.43. The van der Waals surface area contributed by atoms with Crippen LogP contribution >= 0.6 is 0 Å². The van der Waals surface area contributed by atoms with Crippen molar-refractivity contribution in [1.82, 2.24) is 4.72 Å². The minimum absolute atomic E-state index is 0.0621. The van der Waals surface area contributed by atoms with Crippen LogP contribution in [-0.2, 0) is 14.8 Å². The molecule has 0 heterocycles. The molecule has 0 spiro atoms. The molecular weight excluding hydrogens is 422 g/mol. The number of rotatable bonds is 8. The molecule has 0 saturated heterocycles. The summed E-state index contributed by atoms with van der Waals surface area (Å²) in [5.74, 6) is -0.272. The summed E-state index contributed by atoms with van der Waals surface area (Å²) in [6, 6.07) is 24.0. The number of hydrogen-bond acceptors (Lipinski definition) is 4. The van der Waals surface area contributed by atoms with E-state index < -0.39 is 10.0 Å². The molecule has 7 heteroatoms. The SMILES string of the molecule is CN(c1ccccc1)c1ccccc1NC(=O)C=Cc1ccc(S(=O)(=O)NC2CC2)cc1. The second-order valence-electron chi connectivity index (χ2n) is 7.70. The van der Waals surface area contributed by atoms with Gasteiger partial charge in [0, 0.05) is 24.9 Å². The molecule has 3 aromatic rings. The van der Waals surface area contributed by atoms with Gasteiger partial charge in [-0.25, -0.2) is 13.1 Å². The normalized spacial score (nSPS) is 13.8. The Bertz CT molecular complexity index is 1220. The highest BCUT2D eigenvalue weighted by atomic mass is 32.2. The van der Waals surface area contributed by atoms with Gasteiger partial charge in [-0.15, -0.1) is 0 Å². The second kappa shape index (κ2) is 9.38. The molecule has 6 nitrogen and oxygen atoms in total. The highest BCUT2D eigenvalue weighted by Gasteiger charge is 2.27. The summed E-state index contributed by atoms with van der Waals surface area (Å²) in [4.78, 5) is 14.8. The lowest BCUT2D eigenvalue weighted by molar-refractivity contribution is -0.111. The van der Waals surface area contributed by atoms with Gasteiger partial charge in [0.2, 0.25) is 15.9 Å². The molecule has 1 fully saturated rings. The third-order valence-electron chi connectivity index (χ3n) is 5.18. The zero-order valence-corrected chi connectivity index (χ0v) is 18.5. The number of nitrogens with one attached hydrogen (secondary N) is 2. The first-order valence-corrected chi connectivity index (χ1v) is 11.9. The molecule has 1 aliphatic carbocycles. The smallest absolute Gasteiger partial charge is 0.248 e. The largest absolute Gasteiger partial charge is 0.343 e. The van der Waals surface area contributed by atoms with Gasteiger partial charge in [-0.3, -0.25) is 4.79 Å². The zero-order valence-electron chi connectivity index (χ0n) is 17.7. The third kappa shape index (κ3) is 5.43. The molecule has 4 rings (SSSR count). The molecule has 0 radical (unpaired) electrons. The quantitative estimate of drug-likeness (QED) is 0.497. The van der Waals surface area contributed by atoms with Gasteiger partial charge in [0.15, 0.2) is 0 Å². The van der Waals surface area contributed by atoms with Gasteiger partial charge in [-0.2, -0.15) is 0 Å². The Morgan fingerprint density at radius 3 is 2.28 bits per heavy atom. The lowest BCUT2D eigenvalue weighted by Gasteiger charge is -2.22. The number of sulfonamides is 1. The van der Waals surface area contributed by atoms with Crippen LogP contribution in [-0.4, -0.2) is 27.4 Å². The van der Waals surface area contributed by atoms with Gasteiger partial charge in [0.05, 0.1) is 16.3 Å². The van der Waals surface area contributed by atoms with Gasteiger partial charge < -0.3 is 10.2 Å². The van der Waals surface area contributed by atoms with Crippen LogP contribution in [0.25, 0.3) is 6.08 Å². The maximum Gasteiger partial charge on any atom is 0.248 e. The number of benzene rings is 3. The van der Waals surface area contributed by atoms with Crippen LogP contribution in [0.4, 0.5) is 17.1 Å². The summed E-state index contributed by atoms with van der Waals surface area (Å²) in [5.41, 5.74) is 3.32. The fourth-order valence-corrected chi connectivity index (χ4v) is 4.56. The maximum atomic E-state index is 12.5. The van der Waals surface area contributed by atoms with Crippen molar-refractivity contribution < 1.29 is 13.2 Å². The van der Waals surface area contributed by atoms with Gasteiger partial charge in [0.1, 0.15) is 0 Å². The van der Waals surface area contributed by atoms with E-state index in [0.29, 0.717) is 5.69 Å². The Kier molecular flexibility index (Phi) is 6.39. The number of nitrogens with zero attached hydrogens (tertiary/aromatic N) is 1. The Hall–Kier alpha value is -3.42. The van der Waals surface area contributed by atoms with Crippen molar-refractivity contribution in [2.45, 2.75) is 23.8 Å². The third-order valence-corrected chi connectivity index (χ3v) is 6.72. The molecule has 2 N–H and O–H groups in total. The molecule has 0 aromatic heterocycles. The fraction of sp³-hybridized carbons (Fsp3) is 0.160. The molecule has 164 valence electrons. The molecule has 3 aromatic carbocycles. The Morgan fingerprint density at radius 2 is 1.59 bits per heavy atom. The summed E-state index contributed by atoms with van der Waals surface area (Å²) in [5, 5.41) is 2.92. The average molecular weight is 448 g/mol. The summed E-state index contributed by atoms with van der Waals surface area (Å²) >= 11 is 0. The van der Waals surface area contributed by atoms with Crippen molar-refractivity contribution in [2.24, 2.45) is 0 Å². The first-order valence-electron chi connectivity index (χ1n) is 10.4. The molecule has 1 saturated carbocycles. The molecule has 0 bridgehead atoms. The summed E-state index contributed by atoms with van der Waals surface area (Å²) in [7, 11) is -1.53. The number of carbonyl (C=O) groups excluding carboxylic acids is 1. The van der Waals surface area contributed by atoms with Gasteiger partial charge in [-0.05, 0) is 60.9 Å². The second-order valence-corrected chi connectivity index (χ2v) is 9.41. The van der Waals surface area contributed by atoms with Crippen LogP contribution in [0.2, 0.25) is 0 Å². The van der Waals surface area contributed by atoms with E-state index in [2.05, 4.69) is 10.0 Å².